The van der Waals surface area contributed by atoms with E-state index in [0.717, 1.165) is 6.42 Å². The van der Waals surface area contributed by atoms with E-state index in [1.165, 1.54) is 4.90 Å². The van der Waals surface area contributed by atoms with Crippen molar-refractivity contribution < 1.29 is 41.8 Å². The highest BCUT2D eigenvalue weighted by Gasteiger charge is 2.63. The average molecular weight is 813 g/mol. The molecule has 2 aromatic rings. The molecule has 1 aromatic heterocycles. The van der Waals surface area contributed by atoms with Crippen molar-refractivity contribution in [2.24, 2.45) is 17.8 Å². The fraction of sp³-hybridized carbons (Fsp3) is 0.650. The van der Waals surface area contributed by atoms with Crippen LogP contribution >= 0.6 is 0 Å². The van der Waals surface area contributed by atoms with Crippen molar-refractivity contribution in [2.45, 2.75) is 134 Å². The summed E-state index contributed by atoms with van der Waals surface area (Å²) in [7, 11) is -4.03. The van der Waals surface area contributed by atoms with Gasteiger partial charge in [-0.05, 0) is 97.1 Å². The molecule has 0 bridgehead atoms. The van der Waals surface area contributed by atoms with E-state index in [2.05, 4.69) is 32.2 Å². The number of rotatable bonds is 9. The van der Waals surface area contributed by atoms with E-state index in [0.29, 0.717) is 55.5 Å². The van der Waals surface area contributed by atoms with Crippen molar-refractivity contribution in [2.75, 3.05) is 13.2 Å². The van der Waals surface area contributed by atoms with Gasteiger partial charge in [-0.15, -0.1) is 0 Å². The molecular formula is C40H56N6O10S. The van der Waals surface area contributed by atoms with Gasteiger partial charge in [-0.1, -0.05) is 32.4 Å². The van der Waals surface area contributed by atoms with E-state index in [1.807, 2.05) is 26.0 Å². The zero-order chi connectivity index (χ0) is 41.5. The maximum atomic E-state index is 14.9. The topological polar surface area (TPSA) is 215 Å². The number of H-pyrrole nitrogens is 1. The summed E-state index contributed by atoms with van der Waals surface area (Å²) in [6.07, 6.45) is 5.46. The number of sulfonamides is 1. The summed E-state index contributed by atoms with van der Waals surface area (Å²) in [5.41, 5.74) is -2.21. The number of ether oxygens (including phenoxy) is 3. The number of hydrogen-bond donors (Lipinski definition) is 4. The van der Waals surface area contributed by atoms with Crippen molar-refractivity contribution in [3.05, 3.63) is 40.7 Å². The van der Waals surface area contributed by atoms with E-state index in [1.54, 1.807) is 45.9 Å². The smallest absolute Gasteiger partial charge is 0.408 e. The minimum Gasteiger partial charge on any atom is -0.494 e. The van der Waals surface area contributed by atoms with Gasteiger partial charge < -0.3 is 34.7 Å². The van der Waals surface area contributed by atoms with Crippen LogP contribution in [-0.2, 0) is 29.1 Å². The lowest BCUT2D eigenvalue weighted by molar-refractivity contribution is -0.142. The summed E-state index contributed by atoms with van der Waals surface area (Å²) in [5, 5.41) is 5.67. The highest BCUT2D eigenvalue weighted by molar-refractivity contribution is 7.91. The van der Waals surface area contributed by atoms with Gasteiger partial charge in [0, 0.05) is 18.4 Å². The Balaban J connectivity index is 1.36. The lowest BCUT2D eigenvalue weighted by atomic mass is 9.85. The van der Waals surface area contributed by atoms with Crippen molar-refractivity contribution in [1.82, 2.24) is 30.2 Å². The average Bonchev–Trinajstić information content (AvgIpc) is 4.01. The Morgan fingerprint density at radius 3 is 2.51 bits per heavy atom. The molecule has 4 aliphatic rings. The van der Waals surface area contributed by atoms with Crippen molar-refractivity contribution in [3.8, 4) is 11.6 Å². The molecule has 6 rings (SSSR count). The van der Waals surface area contributed by atoms with Crippen LogP contribution in [0.2, 0.25) is 0 Å². The molecule has 0 spiro atoms. The standard InChI is InChI=1S/C40H56N6O10S/c1-8-24-18-23(3)12-10-11-13-25-21-40(25,36(50)45-57(52,53)39(7)16-17-39)44-32(47)30-20-27(22-46(30)35(49)31(24)43-37(51)56-38(4,5)6)55-34-33(48)41-28-15-14-26(54-9-2)19-29(28)42-34/h11,13-15,19,23-25,27,30-31H,8-10,12,16-18,20-22H2,1-7H3,(H,41,48)(H,43,51)(H,44,47)(H,45,50)/b13-11-/t23-,24-,25?,27-,30+,31+,40-/m1/s1. The normalized spacial score (nSPS) is 29.4. The predicted octanol–water partition coefficient (Wildman–Crippen LogP) is 3.84. The van der Waals surface area contributed by atoms with Gasteiger partial charge in [0.05, 0.1) is 28.9 Å². The first kappa shape index (κ1) is 41.9. The van der Waals surface area contributed by atoms with E-state index < -0.39 is 79.4 Å². The molecule has 2 aliphatic carbocycles. The maximum absolute atomic E-state index is 14.9. The Morgan fingerprint density at radius 1 is 1.11 bits per heavy atom. The van der Waals surface area contributed by atoms with E-state index >= 15 is 0 Å². The fourth-order valence-corrected chi connectivity index (χ4v) is 9.10. The first-order valence-corrected chi connectivity index (χ1v) is 21.5. The highest BCUT2D eigenvalue weighted by atomic mass is 32.2. The van der Waals surface area contributed by atoms with Crippen LogP contribution in [0.4, 0.5) is 4.79 Å². The van der Waals surface area contributed by atoms with E-state index in [-0.39, 0.29) is 37.1 Å². The molecule has 4 amide bonds. The zero-order valence-electron chi connectivity index (χ0n) is 33.8. The maximum Gasteiger partial charge on any atom is 0.408 e. The number of amides is 4. The molecule has 4 N–H and O–H groups in total. The molecule has 3 heterocycles. The minimum absolute atomic E-state index is 0.101. The van der Waals surface area contributed by atoms with Crippen molar-refractivity contribution >= 4 is 44.9 Å². The first-order chi connectivity index (χ1) is 26.8. The molecule has 2 aliphatic heterocycles. The molecule has 3 fully saturated rings. The minimum atomic E-state index is -4.03. The summed E-state index contributed by atoms with van der Waals surface area (Å²) in [6.45, 7) is 12.8. The van der Waals surface area contributed by atoms with Gasteiger partial charge in [0.1, 0.15) is 35.1 Å². The Kier molecular flexibility index (Phi) is 11.7. The van der Waals surface area contributed by atoms with Crippen LogP contribution in [0.15, 0.2) is 35.1 Å². The number of nitrogens with zero attached hydrogens (tertiary/aromatic N) is 2. The van der Waals surface area contributed by atoms with Crippen LogP contribution in [0.5, 0.6) is 11.6 Å². The van der Waals surface area contributed by atoms with Gasteiger partial charge in [0.25, 0.3) is 11.8 Å². The first-order valence-electron chi connectivity index (χ1n) is 20.0. The molecule has 7 atom stereocenters. The molecule has 16 nitrogen and oxygen atoms in total. The van der Waals surface area contributed by atoms with Crippen LogP contribution in [0, 0.1) is 17.8 Å². The Labute approximate surface area is 333 Å². The summed E-state index contributed by atoms with van der Waals surface area (Å²) in [5.74, 6) is -2.55. The highest BCUT2D eigenvalue weighted by Crippen LogP contribution is 2.47. The number of nitrogens with one attached hydrogen (secondary N) is 4. The lowest BCUT2D eigenvalue weighted by Crippen LogP contribution is -2.59. The number of carbonyl (C=O) groups excluding carboxylic acids is 4. The fourth-order valence-electron chi connectivity index (χ4n) is 7.79. The van der Waals surface area contributed by atoms with Gasteiger partial charge in [0.2, 0.25) is 21.8 Å². The third kappa shape index (κ3) is 9.23. The number of allylic oxidation sites excluding steroid dienone is 1. The molecule has 57 heavy (non-hydrogen) atoms. The summed E-state index contributed by atoms with van der Waals surface area (Å²) in [6, 6.07) is 2.69. The largest absolute Gasteiger partial charge is 0.494 e. The van der Waals surface area contributed by atoms with Crippen LogP contribution in [0.3, 0.4) is 0 Å². The molecule has 1 unspecified atom stereocenters. The second-order valence-corrected chi connectivity index (χ2v) is 19.5. The Hall–Kier alpha value is -4.67. The molecule has 1 aromatic carbocycles. The predicted molar refractivity (Wildman–Crippen MR) is 211 cm³/mol. The third-order valence-electron chi connectivity index (χ3n) is 11.5. The number of aromatic nitrogens is 2. The summed E-state index contributed by atoms with van der Waals surface area (Å²) in [4.78, 5) is 78.4. The van der Waals surface area contributed by atoms with Crippen LogP contribution in [0.25, 0.3) is 11.0 Å². The molecule has 1 saturated heterocycles. The van der Waals surface area contributed by atoms with Crippen LogP contribution in [-0.4, -0.2) is 94.3 Å². The van der Waals surface area contributed by atoms with Gasteiger partial charge in [0.15, 0.2) is 0 Å². The van der Waals surface area contributed by atoms with Gasteiger partial charge in [-0.3, -0.25) is 23.9 Å². The van der Waals surface area contributed by atoms with Crippen molar-refractivity contribution in [3.63, 3.8) is 0 Å². The lowest BCUT2D eigenvalue weighted by Gasteiger charge is -2.34. The van der Waals surface area contributed by atoms with Crippen LogP contribution in [0.1, 0.15) is 99.8 Å². The Morgan fingerprint density at radius 2 is 1.84 bits per heavy atom. The Bertz CT molecular complexity index is 2090. The molecule has 0 radical (unpaired) electrons. The van der Waals surface area contributed by atoms with Crippen molar-refractivity contribution in [1.29, 1.82) is 0 Å². The zero-order valence-corrected chi connectivity index (χ0v) is 34.6. The number of fused-ring (bicyclic) bond motifs is 3. The molecule has 312 valence electrons. The number of hydrogen-bond acceptors (Lipinski definition) is 11. The molecule has 2 saturated carbocycles. The monoisotopic (exact) mass is 812 g/mol. The molecule has 17 heteroatoms. The summed E-state index contributed by atoms with van der Waals surface area (Å²) >= 11 is 0. The number of benzene rings is 1. The van der Waals surface area contributed by atoms with E-state index in [4.69, 9.17) is 14.2 Å². The summed E-state index contributed by atoms with van der Waals surface area (Å²) < 4.78 is 44.9. The second kappa shape index (κ2) is 15.9. The second-order valence-electron chi connectivity index (χ2n) is 17.3. The number of aromatic amines is 1. The molecular weight excluding hydrogens is 757 g/mol. The quantitative estimate of drug-likeness (QED) is 0.267. The number of carbonyl (C=O) groups is 4. The van der Waals surface area contributed by atoms with Gasteiger partial charge >= 0.3 is 11.7 Å². The van der Waals surface area contributed by atoms with Gasteiger partial charge in [-0.2, -0.15) is 0 Å². The van der Waals surface area contributed by atoms with Crippen LogP contribution < -0.4 is 30.4 Å². The third-order valence-corrected chi connectivity index (χ3v) is 13.7. The van der Waals surface area contributed by atoms with E-state index in [9.17, 15) is 32.4 Å². The number of alkyl carbamates (subject to hydrolysis) is 1. The van der Waals surface area contributed by atoms with Gasteiger partial charge in [-0.25, -0.2) is 18.2 Å². The SMILES string of the molecule is CCOc1ccc2[nH]c(=O)c(O[C@@H]3C[C@H]4C(=O)N[C@]5(C(=O)NS(=O)(=O)C6(C)CC6)CC5/C=C\CC[C@@H](C)C[C@@H](CC)[C@H](NC(=O)OC(C)(C)C)C(=O)N4C3)nc2c1.